The number of nitrogens with one attached hydrogen (secondary N) is 1. The van der Waals surface area contributed by atoms with E-state index in [0.717, 1.165) is 39.6 Å². The van der Waals surface area contributed by atoms with Crippen molar-refractivity contribution in [3.05, 3.63) is 59.5 Å². The summed E-state index contributed by atoms with van der Waals surface area (Å²) in [6.07, 6.45) is 0. The van der Waals surface area contributed by atoms with Crippen LogP contribution in [0.5, 0.6) is 0 Å². The largest absolute Gasteiger partial charge is 0.397 e. The van der Waals surface area contributed by atoms with Gasteiger partial charge >= 0.3 is 0 Å². The Hall–Kier alpha value is -3.32. The molecular weight excluding hydrogens is 366 g/mol. The molecule has 2 heterocycles. The number of nitrogens with zero attached hydrogens (tertiary/aromatic N) is 3. The van der Waals surface area contributed by atoms with Gasteiger partial charge in [0.15, 0.2) is 0 Å². The maximum absolute atomic E-state index is 6.41. The third kappa shape index (κ3) is 3.69. The number of nitrogen functional groups attached to an aromatic ring is 1. The number of hydrogen-bond acceptors (Lipinski definition) is 6. The van der Waals surface area contributed by atoms with Crippen molar-refractivity contribution in [1.82, 2.24) is 14.7 Å². The number of aromatic nitrogens is 3. The summed E-state index contributed by atoms with van der Waals surface area (Å²) in [4.78, 5) is 4.78. The fourth-order valence-electron chi connectivity index (χ4n) is 3.61. The Bertz CT molecular complexity index is 1110. The fraction of sp³-hybridized carbons (Fsp3) is 0.273. The lowest BCUT2D eigenvalue weighted by Crippen LogP contribution is -2.13. The van der Waals surface area contributed by atoms with Crippen molar-refractivity contribution in [2.45, 2.75) is 20.4 Å². The lowest BCUT2D eigenvalue weighted by atomic mass is 10.0. The summed E-state index contributed by atoms with van der Waals surface area (Å²) >= 11 is 0. The Morgan fingerprint density at radius 1 is 1.17 bits per heavy atom. The zero-order chi connectivity index (χ0) is 20.4. The SMILES string of the molecule is COCCNc1nc2c(N)cc(-c3c(C)noc3C)cc2n1Cc1ccccc1. The van der Waals surface area contributed by atoms with E-state index in [1.165, 1.54) is 5.56 Å². The zero-order valence-corrected chi connectivity index (χ0v) is 16.9. The number of anilines is 2. The number of aryl methyl sites for hydroxylation is 2. The molecule has 0 fully saturated rings. The topological polar surface area (TPSA) is 91.1 Å². The second-order valence-electron chi connectivity index (χ2n) is 7.06. The average Bonchev–Trinajstić information content (AvgIpc) is 3.23. The molecule has 3 N–H and O–H groups in total. The van der Waals surface area contributed by atoms with E-state index < -0.39 is 0 Å². The Balaban J connectivity index is 1.86. The number of fused-ring (bicyclic) bond motifs is 1. The second kappa shape index (κ2) is 7.97. The van der Waals surface area contributed by atoms with E-state index in [0.29, 0.717) is 25.4 Å². The van der Waals surface area contributed by atoms with Crippen LogP contribution in [0.1, 0.15) is 17.0 Å². The smallest absolute Gasteiger partial charge is 0.204 e. The first-order valence-electron chi connectivity index (χ1n) is 9.58. The first-order valence-corrected chi connectivity index (χ1v) is 9.58. The predicted molar refractivity (Wildman–Crippen MR) is 115 cm³/mol. The van der Waals surface area contributed by atoms with Crippen LogP contribution >= 0.6 is 0 Å². The van der Waals surface area contributed by atoms with Gasteiger partial charge in [0.05, 0.1) is 30.0 Å². The van der Waals surface area contributed by atoms with Crippen LogP contribution in [0.25, 0.3) is 22.2 Å². The number of imidazole rings is 1. The summed E-state index contributed by atoms with van der Waals surface area (Å²) in [7, 11) is 1.68. The van der Waals surface area contributed by atoms with Crippen LogP contribution in [0.15, 0.2) is 47.0 Å². The van der Waals surface area contributed by atoms with E-state index in [1.807, 2.05) is 38.1 Å². The van der Waals surface area contributed by atoms with Crippen LogP contribution in [0.4, 0.5) is 11.6 Å². The molecular formula is C22H25N5O2. The Kier molecular flexibility index (Phi) is 5.22. The molecule has 150 valence electrons. The molecule has 7 heteroatoms. The minimum Gasteiger partial charge on any atom is -0.397 e. The molecule has 2 aromatic heterocycles. The molecule has 4 rings (SSSR count). The fourth-order valence-corrected chi connectivity index (χ4v) is 3.61. The summed E-state index contributed by atoms with van der Waals surface area (Å²) in [5, 5.41) is 7.45. The van der Waals surface area contributed by atoms with Gasteiger partial charge in [0.1, 0.15) is 11.3 Å². The van der Waals surface area contributed by atoms with Gasteiger partial charge in [-0.15, -0.1) is 0 Å². The van der Waals surface area contributed by atoms with Gasteiger partial charge in [-0.2, -0.15) is 0 Å². The van der Waals surface area contributed by atoms with Crippen molar-refractivity contribution in [3.63, 3.8) is 0 Å². The normalized spacial score (nSPS) is 11.3. The van der Waals surface area contributed by atoms with Crippen molar-refractivity contribution in [1.29, 1.82) is 0 Å². The highest BCUT2D eigenvalue weighted by Crippen LogP contribution is 2.34. The Morgan fingerprint density at radius 3 is 2.66 bits per heavy atom. The molecule has 0 unspecified atom stereocenters. The lowest BCUT2D eigenvalue weighted by molar-refractivity contribution is 0.210. The van der Waals surface area contributed by atoms with E-state index in [1.54, 1.807) is 7.11 Å². The van der Waals surface area contributed by atoms with Crippen molar-refractivity contribution in [2.75, 3.05) is 31.3 Å². The van der Waals surface area contributed by atoms with Gasteiger partial charge < -0.3 is 24.9 Å². The molecule has 0 atom stereocenters. The van der Waals surface area contributed by atoms with Gasteiger partial charge in [-0.3, -0.25) is 0 Å². The molecule has 0 aliphatic carbocycles. The number of ether oxygens (including phenoxy) is 1. The van der Waals surface area contributed by atoms with Crippen LogP contribution in [0.2, 0.25) is 0 Å². The van der Waals surface area contributed by atoms with Crippen LogP contribution in [0, 0.1) is 13.8 Å². The van der Waals surface area contributed by atoms with E-state index in [2.05, 4.69) is 33.2 Å². The van der Waals surface area contributed by atoms with E-state index in [4.69, 9.17) is 20.0 Å². The molecule has 0 radical (unpaired) electrons. The third-order valence-corrected chi connectivity index (χ3v) is 4.98. The molecule has 0 bridgehead atoms. The first kappa shape index (κ1) is 19.0. The van der Waals surface area contributed by atoms with Gasteiger partial charge in [0, 0.05) is 19.2 Å². The molecule has 0 saturated heterocycles. The first-order chi connectivity index (χ1) is 14.1. The van der Waals surface area contributed by atoms with Crippen LogP contribution < -0.4 is 11.1 Å². The standard InChI is InChI=1S/C22H25N5O2/c1-14-20(15(2)29-26-14)17-11-18(23)21-19(12-17)27(13-16-7-5-4-6-8-16)22(25-21)24-9-10-28-3/h4-8,11-12H,9-10,13,23H2,1-3H3,(H,24,25). The quantitative estimate of drug-likeness (QED) is 0.366. The maximum Gasteiger partial charge on any atom is 0.204 e. The molecule has 0 amide bonds. The lowest BCUT2D eigenvalue weighted by Gasteiger charge is -2.11. The van der Waals surface area contributed by atoms with Crippen molar-refractivity contribution in [2.24, 2.45) is 0 Å². The monoisotopic (exact) mass is 391 g/mol. The number of nitrogens with two attached hydrogens (primary N) is 1. The summed E-state index contributed by atoms with van der Waals surface area (Å²) in [5.41, 5.74) is 12.7. The van der Waals surface area contributed by atoms with E-state index in [9.17, 15) is 0 Å². The van der Waals surface area contributed by atoms with Crippen molar-refractivity contribution < 1.29 is 9.26 Å². The highest BCUT2D eigenvalue weighted by molar-refractivity contribution is 5.94. The van der Waals surface area contributed by atoms with E-state index >= 15 is 0 Å². The van der Waals surface area contributed by atoms with Gasteiger partial charge in [-0.1, -0.05) is 35.5 Å². The second-order valence-corrected chi connectivity index (χ2v) is 7.06. The summed E-state index contributed by atoms with van der Waals surface area (Å²) in [5.74, 6) is 1.54. The van der Waals surface area contributed by atoms with Crippen molar-refractivity contribution >= 4 is 22.7 Å². The van der Waals surface area contributed by atoms with E-state index in [-0.39, 0.29) is 0 Å². The van der Waals surface area contributed by atoms with Crippen LogP contribution in [-0.2, 0) is 11.3 Å². The maximum atomic E-state index is 6.41. The van der Waals surface area contributed by atoms with Gasteiger partial charge in [-0.25, -0.2) is 4.98 Å². The molecule has 0 saturated carbocycles. The van der Waals surface area contributed by atoms with Crippen molar-refractivity contribution in [3.8, 4) is 11.1 Å². The highest BCUT2D eigenvalue weighted by Gasteiger charge is 2.18. The predicted octanol–water partition coefficient (Wildman–Crippen LogP) is 4.00. The van der Waals surface area contributed by atoms with Gasteiger partial charge in [-0.05, 0) is 37.1 Å². The highest BCUT2D eigenvalue weighted by atomic mass is 16.5. The Labute approximate surface area is 169 Å². The third-order valence-electron chi connectivity index (χ3n) is 4.98. The molecule has 2 aromatic carbocycles. The minimum absolute atomic E-state index is 0.592. The summed E-state index contributed by atoms with van der Waals surface area (Å²) < 4.78 is 12.7. The number of rotatable bonds is 7. The average molecular weight is 391 g/mol. The van der Waals surface area contributed by atoms with Crippen LogP contribution in [0.3, 0.4) is 0 Å². The molecule has 0 aliphatic heterocycles. The van der Waals surface area contributed by atoms with Gasteiger partial charge in [0.2, 0.25) is 5.95 Å². The van der Waals surface area contributed by atoms with Gasteiger partial charge in [0.25, 0.3) is 0 Å². The molecule has 29 heavy (non-hydrogen) atoms. The van der Waals surface area contributed by atoms with Crippen LogP contribution in [-0.4, -0.2) is 35.0 Å². The summed E-state index contributed by atoms with van der Waals surface area (Å²) in [6, 6.07) is 14.3. The Morgan fingerprint density at radius 2 is 1.97 bits per heavy atom. The molecule has 7 nitrogen and oxygen atoms in total. The molecule has 0 spiro atoms. The number of methoxy groups -OCH3 is 1. The minimum atomic E-state index is 0.592. The zero-order valence-electron chi connectivity index (χ0n) is 16.9. The number of hydrogen-bond donors (Lipinski definition) is 2. The molecule has 0 aliphatic rings. The number of benzene rings is 2. The summed E-state index contributed by atoms with van der Waals surface area (Å²) in [6.45, 7) is 5.77. The molecule has 4 aromatic rings.